The van der Waals surface area contributed by atoms with E-state index in [9.17, 15) is 0 Å². The molecule has 0 saturated carbocycles. The van der Waals surface area contributed by atoms with Gasteiger partial charge in [0.1, 0.15) is 0 Å². The smallest absolute Gasteiger partial charge is 0.240 e. The minimum atomic E-state index is 0.528. The first-order chi connectivity index (χ1) is 35.8. The van der Waals surface area contributed by atoms with E-state index in [0.717, 1.165) is 93.4 Å². The molecule has 0 aliphatic carbocycles. The molecule has 11 aromatic carbocycles. The van der Waals surface area contributed by atoms with E-state index in [0.29, 0.717) is 17.7 Å². The highest BCUT2D eigenvalue weighted by Gasteiger charge is 2.27. The molecule has 72 heavy (non-hydrogen) atoms. The highest BCUT2D eigenvalue weighted by Crippen LogP contribution is 2.45. The normalized spacial score (nSPS) is 12.2. The third kappa shape index (κ3) is 5.36. The van der Waals surface area contributed by atoms with Crippen LogP contribution in [0.25, 0.3) is 143 Å². The molecule has 0 aliphatic rings. The molecule has 0 saturated heterocycles. The second-order valence-electron chi connectivity index (χ2n) is 18.7. The fraction of sp³-hybridized carbons (Fsp3) is 0. The van der Waals surface area contributed by atoms with E-state index in [1.54, 1.807) is 0 Å². The molecule has 0 unspecified atom stereocenters. The lowest BCUT2D eigenvalue weighted by molar-refractivity contribution is 0.893. The number of benzene rings is 11. The first-order valence-electron chi connectivity index (χ1n) is 24.5. The summed E-state index contributed by atoms with van der Waals surface area (Å²) in [4.78, 5) is 16.8. The largest absolute Gasteiger partial charge is 0.307 e. The molecule has 0 radical (unpaired) electrons. The van der Waals surface area contributed by atoms with Gasteiger partial charge in [-0.05, 0) is 47.2 Å². The Bertz CT molecular complexity index is 4630. The van der Waals surface area contributed by atoms with Gasteiger partial charge in [0.2, 0.25) is 11.9 Å². The SMILES string of the molecule is c1ccc(-c2nc(-n3c4ccccc4c4ccc5c6ccccc6n(-c6cccc7ccccc67)c5c43)nc(-n3c4ccccc4c4ccc5c6ccccc6n(-c6cccc7ccccc67)c5c43)n2)cc1. The molecule has 5 aromatic heterocycles. The quantitative estimate of drug-likeness (QED) is 0.173. The van der Waals surface area contributed by atoms with E-state index in [-0.39, 0.29) is 0 Å². The van der Waals surface area contributed by atoms with Gasteiger partial charge in [0.05, 0.1) is 55.5 Å². The molecule has 0 amide bonds. The Labute approximate surface area is 411 Å². The Morgan fingerprint density at radius 2 is 0.542 bits per heavy atom. The number of nitrogens with zero attached hydrogens (tertiary/aromatic N) is 7. The Morgan fingerprint density at radius 3 is 0.958 bits per heavy atom. The zero-order valence-corrected chi connectivity index (χ0v) is 38.6. The number of fused-ring (bicyclic) bond motifs is 16. The van der Waals surface area contributed by atoms with Crippen molar-refractivity contribution < 1.29 is 0 Å². The van der Waals surface area contributed by atoms with Gasteiger partial charge in [-0.3, -0.25) is 9.13 Å². The van der Waals surface area contributed by atoms with Crippen LogP contribution < -0.4 is 0 Å². The van der Waals surface area contributed by atoms with Crippen LogP contribution in [0.4, 0.5) is 0 Å². The van der Waals surface area contributed by atoms with Gasteiger partial charge in [-0.1, -0.05) is 200 Å². The molecule has 16 aromatic rings. The van der Waals surface area contributed by atoms with Crippen LogP contribution >= 0.6 is 0 Å². The van der Waals surface area contributed by atoms with Gasteiger partial charge < -0.3 is 9.13 Å². The highest BCUT2D eigenvalue weighted by molar-refractivity contribution is 6.26. The Kier molecular flexibility index (Phi) is 8.04. The maximum atomic E-state index is 5.76. The maximum absolute atomic E-state index is 5.76. The van der Waals surface area contributed by atoms with E-state index in [1.807, 2.05) is 6.07 Å². The molecule has 334 valence electrons. The first kappa shape index (κ1) is 39.0. The summed E-state index contributed by atoms with van der Waals surface area (Å²) in [5.41, 5.74) is 11.6. The monoisotopic (exact) mass is 917 g/mol. The van der Waals surface area contributed by atoms with Crippen LogP contribution in [0, 0.1) is 0 Å². The average molecular weight is 918 g/mol. The number of hydrogen-bond donors (Lipinski definition) is 0. The van der Waals surface area contributed by atoms with Gasteiger partial charge in [-0.25, -0.2) is 0 Å². The minimum Gasteiger partial charge on any atom is -0.307 e. The van der Waals surface area contributed by atoms with Crippen molar-refractivity contribution in [3.8, 4) is 34.7 Å². The standard InChI is InChI=1S/C65H39N7/c1-2-20-42(21-3-1)63-66-64(71-57-32-14-10-28-47(57)51-38-36-49-45-26-8-12-30-55(45)69(59(49)61(51)71)53-34-16-22-40-18-4-6-24-43(40)53)68-65(67-63)72-58-33-15-11-29-48(58)52-39-37-50-46-27-9-13-31-56(46)70(60(50)62(52)72)54-35-17-23-41-19-5-7-25-44(41)54/h1-39H. The van der Waals surface area contributed by atoms with Crippen LogP contribution in [-0.2, 0) is 0 Å². The molecule has 0 atom stereocenters. The number of aromatic nitrogens is 7. The lowest BCUT2D eigenvalue weighted by Gasteiger charge is -2.16. The van der Waals surface area contributed by atoms with E-state index >= 15 is 0 Å². The van der Waals surface area contributed by atoms with Crippen LogP contribution in [0.5, 0.6) is 0 Å². The van der Waals surface area contributed by atoms with Gasteiger partial charge in [0, 0.05) is 59.4 Å². The second-order valence-corrected chi connectivity index (χ2v) is 18.7. The summed E-state index contributed by atoms with van der Waals surface area (Å²) in [6.07, 6.45) is 0. The first-order valence-corrected chi connectivity index (χ1v) is 24.5. The summed E-state index contributed by atoms with van der Waals surface area (Å²) in [5, 5.41) is 13.8. The van der Waals surface area contributed by atoms with E-state index in [1.165, 1.54) is 32.3 Å². The lowest BCUT2D eigenvalue weighted by Crippen LogP contribution is -2.11. The summed E-state index contributed by atoms with van der Waals surface area (Å²) in [5.74, 6) is 1.64. The molecule has 7 nitrogen and oxygen atoms in total. The van der Waals surface area contributed by atoms with Crippen LogP contribution in [0.15, 0.2) is 237 Å². The summed E-state index contributed by atoms with van der Waals surface area (Å²) in [7, 11) is 0. The summed E-state index contributed by atoms with van der Waals surface area (Å²) in [6.45, 7) is 0. The molecule has 16 rings (SSSR count). The second kappa shape index (κ2) is 14.8. The average Bonchev–Trinajstić information content (AvgIpc) is 4.18. The van der Waals surface area contributed by atoms with E-state index < -0.39 is 0 Å². The van der Waals surface area contributed by atoms with E-state index in [4.69, 9.17) is 15.0 Å². The van der Waals surface area contributed by atoms with Crippen LogP contribution in [0.1, 0.15) is 0 Å². The lowest BCUT2D eigenvalue weighted by atomic mass is 10.1. The van der Waals surface area contributed by atoms with Crippen molar-refractivity contribution in [3.63, 3.8) is 0 Å². The number of para-hydroxylation sites is 4. The van der Waals surface area contributed by atoms with Gasteiger partial charge in [0.15, 0.2) is 5.82 Å². The number of hydrogen-bond acceptors (Lipinski definition) is 3. The van der Waals surface area contributed by atoms with Gasteiger partial charge >= 0.3 is 0 Å². The van der Waals surface area contributed by atoms with Crippen molar-refractivity contribution in [2.75, 3.05) is 0 Å². The van der Waals surface area contributed by atoms with Crippen molar-refractivity contribution >= 4 is 109 Å². The van der Waals surface area contributed by atoms with Gasteiger partial charge in [-0.15, -0.1) is 0 Å². The van der Waals surface area contributed by atoms with Crippen molar-refractivity contribution in [1.82, 2.24) is 33.2 Å². The highest BCUT2D eigenvalue weighted by atomic mass is 15.3. The van der Waals surface area contributed by atoms with Crippen molar-refractivity contribution in [1.29, 1.82) is 0 Å². The predicted octanol–water partition coefficient (Wildman–Crippen LogP) is 16.2. The molecule has 0 N–H and O–H groups in total. The van der Waals surface area contributed by atoms with Crippen molar-refractivity contribution in [2.45, 2.75) is 0 Å². The van der Waals surface area contributed by atoms with Crippen LogP contribution in [0.2, 0.25) is 0 Å². The molecule has 0 aliphatic heterocycles. The van der Waals surface area contributed by atoms with Crippen molar-refractivity contribution in [3.05, 3.63) is 237 Å². The zero-order chi connectivity index (χ0) is 47.0. The fourth-order valence-corrected chi connectivity index (χ4v) is 12.0. The molecular weight excluding hydrogens is 879 g/mol. The maximum Gasteiger partial charge on any atom is 0.240 e. The third-order valence-corrected chi connectivity index (χ3v) is 15.0. The van der Waals surface area contributed by atoms with E-state index in [2.05, 4.69) is 249 Å². The Balaban J connectivity index is 1.08. The van der Waals surface area contributed by atoms with Crippen LogP contribution in [-0.4, -0.2) is 33.2 Å². The fourth-order valence-electron chi connectivity index (χ4n) is 12.0. The summed E-state index contributed by atoms with van der Waals surface area (Å²) >= 11 is 0. The summed E-state index contributed by atoms with van der Waals surface area (Å²) < 4.78 is 9.50. The topological polar surface area (TPSA) is 58.4 Å². The van der Waals surface area contributed by atoms with Crippen LogP contribution in [0.3, 0.4) is 0 Å². The molecule has 0 spiro atoms. The minimum absolute atomic E-state index is 0.528. The Hall–Kier alpha value is -9.85. The van der Waals surface area contributed by atoms with Gasteiger partial charge in [-0.2, -0.15) is 15.0 Å². The summed E-state index contributed by atoms with van der Waals surface area (Å²) in [6, 6.07) is 84.9. The molecule has 0 fully saturated rings. The molecule has 0 bridgehead atoms. The Morgan fingerprint density at radius 1 is 0.222 bits per heavy atom. The third-order valence-electron chi connectivity index (χ3n) is 15.0. The van der Waals surface area contributed by atoms with Gasteiger partial charge in [0.25, 0.3) is 0 Å². The van der Waals surface area contributed by atoms with Crippen molar-refractivity contribution in [2.24, 2.45) is 0 Å². The molecule has 5 heterocycles. The predicted molar refractivity (Wildman–Crippen MR) is 298 cm³/mol. The number of rotatable bonds is 5. The molecule has 7 heteroatoms. The molecular formula is C65H39N7. The zero-order valence-electron chi connectivity index (χ0n) is 38.6.